The predicted molar refractivity (Wildman–Crippen MR) is 76.2 cm³/mol. The van der Waals surface area contributed by atoms with Crippen LogP contribution in [0.25, 0.3) is 0 Å². The second-order valence-corrected chi connectivity index (χ2v) is 4.89. The Morgan fingerprint density at radius 3 is 2.61 bits per heavy atom. The summed E-state index contributed by atoms with van der Waals surface area (Å²) in [6.07, 6.45) is 3.13. The Balaban J connectivity index is 2.35. The molecule has 0 saturated carbocycles. The van der Waals surface area contributed by atoms with E-state index in [2.05, 4.69) is 10.6 Å². The minimum atomic E-state index is -0.473. The van der Waals surface area contributed by atoms with Gasteiger partial charge in [-0.25, -0.2) is 4.79 Å². The Morgan fingerprint density at radius 2 is 2.06 bits per heavy atom. The number of benzene rings is 1. The van der Waals surface area contributed by atoms with Crippen LogP contribution in [0.3, 0.4) is 0 Å². The summed E-state index contributed by atoms with van der Waals surface area (Å²) in [5.74, 6) is 0. The highest BCUT2D eigenvalue weighted by atomic mass is 32.2. The van der Waals surface area contributed by atoms with Crippen molar-refractivity contribution in [3.8, 4) is 0 Å². The van der Waals surface area contributed by atoms with Gasteiger partial charge in [0.15, 0.2) is 0 Å². The highest BCUT2D eigenvalue weighted by Crippen LogP contribution is 2.17. The number of hydrogen-bond donors (Lipinski definition) is 3. The largest absolute Gasteiger partial charge is 0.391 e. The van der Waals surface area contributed by atoms with Gasteiger partial charge in [0.05, 0.1) is 6.10 Å². The third-order valence-corrected chi connectivity index (χ3v) is 3.21. The number of carbonyl (C=O) groups is 1. The van der Waals surface area contributed by atoms with Crippen molar-refractivity contribution in [1.29, 1.82) is 0 Å². The molecule has 100 valence electrons. The van der Waals surface area contributed by atoms with Crippen molar-refractivity contribution >= 4 is 23.5 Å². The molecule has 1 aromatic carbocycles. The van der Waals surface area contributed by atoms with Crippen LogP contribution in [0.5, 0.6) is 0 Å². The minimum Gasteiger partial charge on any atom is -0.391 e. The van der Waals surface area contributed by atoms with Crippen LogP contribution in [-0.2, 0) is 0 Å². The molecule has 4 nitrogen and oxygen atoms in total. The Bertz CT molecular complexity index is 368. The van der Waals surface area contributed by atoms with E-state index in [1.807, 2.05) is 37.4 Å². The van der Waals surface area contributed by atoms with Gasteiger partial charge >= 0.3 is 6.03 Å². The third kappa shape index (κ3) is 5.42. The molecular weight excluding hydrogens is 248 g/mol. The topological polar surface area (TPSA) is 61.4 Å². The molecule has 5 heteroatoms. The number of aliphatic hydroxyl groups is 1. The normalized spacial score (nSPS) is 11.9. The van der Waals surface area contributed by atoms with Crippen LogP contribution in [0.15, 0.2) is 29.2 Å². The first kappa shape index (κ1) is 14.9. The molecule has 0 saturated heterocycles. The number of aliphatic hydroxyl groups excluding tert-OH is 1. The standard InChI is InChI=1S/C13H20N2O2S/c1-3-4-11(16)9-14-13(17)15-10-5-7-12(18-2)8-6-10/h5-8,11,16H,3-4,9H2,1-2H3,(H2,14,15,17). The summed E-state index contributed by atoms with van der Waals surface area (Å²) in [7, 11) is 0. The van der Waals surface area contributed by atoms with Gasteiger partial charge < -0.3 is 15.7 Å². The molecule has 0 heterocycles. The van der Waals surface area contributed by atoms with Crippen molar-refractivity contribution in [2.45, 2.75) is 30.8 Å². The van der Waals surface area contributed by atoms with Crippen LogP contribution in [0.2, 0.25) is 0 Å². The molecule has 1 rings (SSSR count). The molecule has 0 bridgehead atoms. The first-order chi connectivity index (χ1) is 8.65. The smallest absolute Gasteiger partial charge is 0.319 e. The highest BCUT2D eigenvalue weighted by Gasteiger charge is 2.05. The van der Waals surface area contributed by atoms with E-state index in [9.17, 15) is 9.90 Å². The average molecular weight is 268 g/mol. The summed E-state index contributed by atoms with van der Waals surface area (Å²) < 4.78 is 0. The number of thioether (sulfide) groups is 1. The van der Waals surface area contributed by atoms with Crippen LogP contribution < -0.4 is 10.6 Å². The second-order valence-electron chi connectivity index (χ2n) is 4.01. The summed E-state index contributed by atoms with van der Waals surface area (Å²) in [4.78, 5) is 12.7. The van der Waals surface area contributed by atoms with Crippen LogP contribution in [0, 0.1) is 0 Å². The zero-order valence-electron chi connectivity index (χ0n) is 10.8. The number of anilines is 1. The lowest BCUT2D eigenvalue weighted by Gasteiger charge is -2.11. The van der Waals surface area contributed by atoms with Crippen LogP contribution >= 0.6 is 11.8 Å². The van der Waals surface area contributed by atoms with Crippen molar-refractivity contribution in [2.24, 2.45) is 0 Å². The van der Waals surface area contributed by atoms with E-state index in [1.165, 1.54) is 0 Å². The molecule has 1 atom stereocenters. The average Bonchev–Trinajstić information content (AvgIpc) is 2.38. The first-order valence-corrected chi connectivity index (χ1v) is 7.25. The van der Waals surface area contributed by atoms with Gasteiger partial charge in [0.2, 0.25) is 0 Å². The van der Waals surface area contributed by atoms with Gasteiger partial charge in [0.25, 0.3) is 0 Å². The van der Waals surface area contributed by atoms with Crippen LogP contribution in [-0.4, -0.2) is 30.0 Å². The number of rotatable bonds is 6. The van der Waals surface area contributed by atoms with Gasteiger partial charge in [-0.3, -0.25) is 0 Å². The fraction of sp³-hybridized carbons (Fsp3) is 0.462. The van der Waals surface area contributed by atoms with Crippen LogP contribution in [0.4, 0.5) is 10.5 Å². The molecule has 3 N–H and O–H groups in total. The van der Waals surface area contributed by atoms with E-state index < -0.39 is 6.10 Å². The van der Waals surface area contributed by atoms with Gasteiger partial charge in [0.1, 0.15) is 0 Å². The molecule has 18 heavy (non-hydrogen) atoms. The van der Waals surface area contributed by atoms with E-state index in [4.69, 9.17) is 0 Å². The van der Waals surface area contributed by atoms with Gasteiger partial charge in [-0.1, -0.05) is 13.3 Å². The van der Waals surface area contributed by atoms with Crippen molar-refractivity contribution < 1.29 is 9.90 Å². The zero-order chi connectivity index (χ0) is 13.4. The molecule has 0 fully saturated rings. The van der Waals surface area contributed by atoms with E-state index in [1.54, 1.807) is 11.8 Å². The summed E-state index contributed by atoms with van der Waals surface area (Å²) in [5.41, 5.74) is 0.746. The zero-order valence-corrected chi connectivity index (χ0v) is 11.6. The van der Waals surface area contributed by atoms with Gasteiger partial charge in [0, 0.05) is 17.1 Å². The Morgan fingerprint density at radius 1 is 1.39 bits per heavy atom. The molecule has 0 radical (unpaired) electrons. The van der Waals surface area contributed by atoms with E-state index in [-0.39, 0.29) is 12.6 Å². The lowest BCUT2D eigenvalue weighted by Crippen LogP contribution is -2.35. The number of amides is 2. The molecule has 1 aromatic rings. The van der Waals surface area contributed by atoms with Gasteiger partial charge in [-0.2, -0.15) is 0 Å². The minimum absolute atomic E-state index is 0.280. The van der Waals surface area contributed by atoms with Crippen molar-refractivity contribution in [3.05, 3.63) is 24.3 Å². The number of urea groups is 1. The molecule has 0 aliphatic carbocycles. The molecule has 1 unspecified atom stereocenters. The third-order valence-electron chi connectivity index (χ3n) is 2.47. The Kier molecular flexibility index (Phi) is 6.60. The van der Waals surface area contributed by atoms with Gasteiger partial charge in [-0.15, -0.1) is 11.8 Å². The molecule has 0 aliphatic heterocycles. The molecule has 0 aromatic heterocycles. The van der Waals surface area contributed by atoms with Crippen molar-refractivity contribution in [3.63, 3.8) is 0 Å². The predicted octanol–water partition coefficient (Wildman–Crippen LogP) is 2.69. The highest BCUT2D eigenvalue weighted by molar-refractivity contribution is 7.98. The van der Waals surface area contributed by atoms with Crippen LogP contribution in [0.1, 0.15) is 19.8 Å². The summed E-state index contributed by atoms with van der Waals surface area (Å²) >= 11 is 1.65. The Hall–Kier alpha value is -1.20. The van der Waals surface area contributed by atoms with E-state index in [0.717, 1.165) is 17.0 Å². The Labute approximate surface area is 112 Å². The maximum atomic E-state index is 11.5. The maximum Gasteiger partial charge on any atom is 0.319 e. The number of carbonyl (C=O) groups excluding carboxylic acids is 1. The quantitative estimate of drug-likeness (QED) is 0.695. The van der Waals surface area contributed by atoms with Gasteiger partial charge in [-0.05, 0) is 36.9 Å². The monoisotopic (exact) mass is 268 g/mol. The first-order valence-electron chi connectivity index (χ1n) is 6.02. The SMILES string of the molecule is CCCC(O)CNC(=O)Nc1ccc(SC)cc1. The van der Waals surface area contributed by atoms with Crippen molar-refractivity contribution in [2.75, 3.05) is 18.1 Å². The molecule has 2 amide bonds. The fourth-order valence-electron chi connectivity index (χ4n) is 1.50. The summed E-state index contributed by atoms with van der Waals surface area (Å²) in [6.45, 7) is 2.28. The summed E-state index contributed by atoms with van der Waals surface area (Å²) in [5, 5.41) is 14.8. The lowest BCUT2D eigenvalue weighted by molar-refractivity contribution is 0.162. The maximum absolute atomic E-state index is 11.5. The number of nitrogens with one attached hydrogen (secondary N) is 2. The second kappa shape index (κ2) is 8.00. The number of hydrogen-bond acceptors (Lipinski definition) is 3. The molecular formula is C13H20N2O2S. The van der Waals surface area contributed by atoms with E-state index >= 15 is 0 Å². The van der Waals surface area contributed by atoms with Crippen molar-refractivity contribution in [1.82, 2.24) is 5.32 Å². The molecule has 0 spiro atoms. The fourth-order valence-corrected chi connectivity index (χ4v) is 1.90. The van der Waals surface area contributed by atoms with E-state index in [0.29, 0.717) is 6.42 Å². The molecule has 0 aliphatic rings. The summed E-state index contributed by atoms with van der Waals surface area (Å²) in [6, 6.07) is 7.32. The lowest BCUT2D eigenvalue weighted by atomic mass is 10.2.